The molecule has 11 nitrogen and oxygen atoms in total. The fraction of sp³-hybridized carbons (Fsp3) is 0.778. The van der Waals surface area contributed by atoms with Crippen LogP contribution < -0.4 is 0 Å². The molecule has 6 atom stereocenters. The van der Waals surface area contributed by atoms with Crippen LogP contribution in [0, 0.1) is 0 Å². The summed E-state index contributed by atoms with van der Waals surface area (Å²) in [5.74, 6) is -2.73. The Balaban J connectivity index is 3.31. The molecule has 0 saturated carbocycles. The standard InChI is InChI=1S/C18H27BrO11/c1-6-24-14(7-19)30-18-17(28-12(5)23)16(27-11(4)22)15(26-10(3)21)13(29-18)8-25-9(2)20/h13-18H,6-8H2,1-5H3/t13-,14-,15-,16+,17-,18+/m1/s1. The van der Waals surface area contributed by atoms with Crippen LogP contribution in [0.25, 0.3) is 0 Å². The minimum Gasteiger partial charge on any atom is -0.463 e. The Bertz CT molecular complexity index is 611. The van der Waals surface area contributed by atoms with Gasteiger partial charge in [-0.2, -0.15) is 0 Å². The largest absolute Gasteiger partial charge is 0.463 e. The molecule has 0 aromatic carbocycles. The van der Waals surface area contributed by atoms with Crippen LogP contribution in [0.4, 0.5) is 0 Å². The first kappa shape index (κ1) is 26.3. The Kier molecular flexibility index (Phi) is 11.2. The lowest BCUT2D eigenvalue weighted by molar-refractivity contribution is -0.336. The lowest BCUT2D eigenvalue weighted by Gasteiger charge is -2.44. The average molecular weight is 499 g/mol. The molecule has 0 unspecified atom stereocenters. The zero-order valence-corrected chi connectivity index (χ0v) is 19.0. The molecule has 172 valence electrons. The maximum Gasteiger partial charge on any atom is 0.303 e. The third-order valence-corrected chi connectivity index (χ3v) is 4.24. The fourth-order valence-electron chi connectivity index (χ4n) is 2.75. The molecule has 1 heterocycles. The zero-order chi connectivity index (χ0) is 22.8. The summed E-state index contributed by atoms with van der Waals surface area (Å²) in [6.07, 6.45) is -6.95. The summed E-state index contributed by atoms with van der Waals surface area (Å²) in [5.41, 5.74) is 0. The molecule has 0 spiro atoms. The number of esters is 4. The molecule has 1 aliphatic heterocycles. The predicted octanol–water partition coefficient (Wildman–Crippen LogP) is 0.844. The van der Waals surface area contributed by atoms with Gasteiger partial charge in [-0.1, -0.05) is 15.9 Å². The van der Waals surface area contributed by atoms with E-state index in [1.165, 1.54) is 6.92 Å². The maximum atomic E-state index is 11.7. The van der Waals surface area contributed by atoms with Crippen molar-refractivity contribution in [2.24, 2.45) is 0 Å². The highest BCUT2D eigenvalue weighted by atomic mass is 79.9. The topological polar surface area (TPSA) is 133 Å². The summed E-state index contributed by atoms with van der Waals surface area (Å²) in [6.45, 7) is 6.38. The summed E-state index contributed by atoms with van der Waals surface area (Å²) < 4.78 is 37.8. The van der Waals surface area contributed by atoms with Gasteiger partial charge in [0.2, 0.25) is 6.29 Å². The van der Waals surface area contributed by atoms with Crippen molar-refractivity contribution in [3.8, 4) is 0 Å². The number of carbonyl (C=O) groups excluding carboxylic acids is 4. The minimum atomic E-state index is -1.29. The second-order valence-corrected chi connectivity index (χ2v) is 6.89. The molecule has 0 aromatic heterocycles. The summed E-state index contributed by atoms with van der Waals surface area (Å²) in [4.78, 5) is 46.4. The van der Waals surface area contributed by atoms with E-state index < -0.39 is 60.9 Å². The number of hydrogen-bond donors (Lipinski definition) is 0. The van der Waals surface area contributed by atoms with Gasteiger partial charge in [-0.3, -0.25) is 19.2 Å². The summed E-state index contributed by atoms with van der Waals surface area (Å²) in [7, 11) is 0. The van der Waals surface area contributed by atoms with Gasteiger partial charge in [0.25, 0.3) is 0 Å². The van der Waals surface area contributed by atoms with E-state index in [0.717, 1.165) is 20.8 Å². The van der Waals surface area contributed by atoms with E-state index in [-0.39, 0.29) is 11.9 Å². The quantitative estimate of drug-likeness (QED) is 0.183. The van der Waals surface area contributed by atoms with E-state index in [0.29, 0.717) is 6.61 Å². The van der Waals surface area contributed by atoms with Crippen molar-refractivity contribution in [1.29, 1.82) is 0 Å². The molecule has 1 fully saturated rings. The van der Waals surface area contributed by atoms with Gasteiger partial charge >= 0.3 is 23.9 Å². The van der Waals surface area contributed by atoms with Gasteiger partial charge in [-0.15, -0.1) is 0 Å². The highest BCUT2D eigenvalue weighted by molar-refractivity contribution is 9.09. The van der Waals surface area contributed by atoms with Gasteiger partial charge in [-0.25, -0.2) is 0 Å². The van der Waals surface area contributed by atoms with Crippen molar-refractivity contribution >= 4 is 39.8 Å². The number of alkyl halides is 1. The normalized spacial score (nSPS) is 26.9. The van der Waals surface area contributed by atoms with Gasteiger partial charge in [0.05, 0.1) is 5.33 Å². The van der Waals surface area contributed by atoms with Crippen LogP contribution in [0.15, 0.2) is 0 Å². The van der Waals surface area contributed by atoms with Gasteiger partial charge in [0.15, 0.2) is 24.6 Å². The highest BCUT2D eigenvalue weighted by Gasteiger charge is 2.53. The van der Waals surface area contributed by atoms with Crippen molar-refractivity contribution in [3.63, 3.8) is 0 Å². The second-order valence-electron chi connectivity index (χ2n) is 6.24. The van der Waals surface area contributed by atoms with Gasteiger partial charge in [0.1, 0.15) is 12.7 Å². The molecule has 30 heavy (non-hydrogen) atoms. The van der Waals surface area contributed by atoms with E-state index in [4.69, 9.17) is 33.2 Å². The number of rotatable bonds is 10. The Morgan fingerprint density at radius 2 is 1.40 bits per heavy atom. The Hall–Kier alpha value is -1.76. The molecule has 1 saturated heterocycles. The molecule has 0 bridgehead atoms. The van der Waals surface area contributed by atoms with E-state index >= 15 is 0 Å². The monoisotopic (exact) mass is 498 g/mol. The van der Waals surface area contributed by atoms with E-state index in [1.54, 1.807) is 6.92 Å². The second kappa shape index (κ2) is 12.8. The van der Waals surface area contributed by atoms with E-state index in [1.807, 2.05) is 0 Å². The summed E-state index contributed by atoms with van der Waals surface area (Å²) in [5, 5.41) is 0.258. The van der Waals surface area contributed by atoms with E-state index in [2.05, 4.69) is 15.9 Å². The number of halogens is 1. The first-order chi connectivity index (χ1) is 14.1. The third kappa shape index (κ3) is 8.54. The van der Waals surface area contributed by atoms with Crippen LogP contribution in [-0.4, -0.2) is 79.4 Å². The van der Waals surface area contributed by atoms with Gasteiger partial charge < -0.3 is 33.2 Å². The molecule has 0 aliphatic carbocycles. The molecule has 1 rings (SSSR count). The smallest absolute Gasteiger partial charge is 0.303 e. The average Bonchev–Trinajstić information content (AvgIpc) is 2.63. The van der Waals surface area contributed by atoms with Crippen molar-refractivity contribution < 1.29 is 52.3 Å². The number of ether oxygens (including phenoxy) is 7. The van der Waals surface area contributed by atoms with Crippen molar-refractivity contribution in [3.05, 3.63) is 0 Å². The van der Waals surface area contributed by atoms with Gasteiger partial charge in [0, 0.05) is 34.3 Å². The maximum absolute atomic E-state index is 11.7. The minimum absolute atomic E-state index is 0.258. The van der Waals surface area contributed by atoms with Gasteiger partial charge in [-0.05, 0) is 6.92 Å². The molecule has 0 amide bonds. The van der Waals surface area contributed by atoms with E-state index in [9.17, 15) is 19.2 Å². The van der Waals surface area contributed by atoms with Crippen LogP contribution >= 0.6 is 15.9 Å². The van der Waals surface area contributed by atoms with Crippen LogP contribution in [-0.2, 0) is 52.3 Å². The fourth-order valence-corrected chi connectivity index (χ4v) is 3.09. The predicted molar refractivity (Wildman–Crippen MR) is 102 cm³/mol. The third-order valence-electron chi connectivity index (χ3n) is 3.71. The van der Waals surface area contributed by atoms with Crippen LogP contribution in [0.2, 0.25) is 0 Å². The zero-order valence-electron chi connectivity index (χ0n) is 17.5. The molecule has 0 aromatic rings. The molecule has 12 heteroatoms. The molecule has 1 aliphatic rings. The lowest BCUT2D eigenvalue weighted by atomic mass is 9.98. The Labute approximate surface area is 182 Å². The highest BCUT2D eigenvalue weighted by Crippen LogP contribution is 2.30. The number of carbonyl (C=O) groups is 4. The molecular formula is C18H27BrO11. The van der Waals surface area contributed by atoms with Crippen LogP contribution in [0.3, 0.4) is 0 Å². The van der Waals surface area contributed by atoms with Crippen molar-refractivity contribution in [1.82, 2.24) is 0 Å². The molecular weight excluding hydrogens is 472 g/mol. The Morgan fingerprint density at radius 1 is 0.867 bits per heavy atom. The Morgan fingerprint density at radius 3 is 1.87 bits per heavy atom. The SMILES string of the molecule is CCO[C@@H](CBr)O[C@@H]1O[C@H](COC(C)=O)[C@@H](OC(C)=O)[C@H](OC(C)=O)[C@H]1OC(C)=O. The first-order valence-corrected chi connectivity index (χ1v) is 10.3. The van der Waals surface area contributed by atoms with Crippen molar-refractivity contribution in [2.75, 3.05) is 18.5 Å². The van der Waals surface area contributed by atoms with Crippen LogP contribution in [0.5, 0.6) is 0 Å². The van der Waals surface area contributed by atoms with Crippen LogP contribution in [0.1, 0.15) is 34.6 Å². The first-order valence-electron chi connectivity index (χ1n) is 9.22. The lowest BCUT2D eigenvalue weighted by Crippen LogP contribution is -2.63. The van der Waals surface area contributed by atoms with Crippen molar-refractivity contribution in [2.45, 2.75) is 71.6 Å². The summed E-state index contributed by atoms with van der Waals surface area (Å²) in [6, 6.07) is 0. The summed E-state index contributed by atoms with van der Waals surface area (Å²) >= 11 is 3.24. The number of hydrogen-bond acceptors (Lipinski definition) is 11. The molecule has 0 N–H and O–H groups in total. The molecule has 0 radical (unpaired) electrons.